The number of aromatic nitrogens is 3. The van der Waals surface area contributed by atoms with Crippen LogP contribution in [0.5, 0.6) is 0 Å². The van der Waals surface area contributed by atoms with Gasteiger partial charge in [-0.1, -0.05) is 12.1 Å². The maximum atomic E-state index is 4.77. The van der Waals surface area contributed by atoms with Crippen molar-refractivity contribution >= 4 is 27.5 Å². The molecular formula is C16H18N4S. The van der Waals surface area contributed by atoms with Gasteiger partial charge >= 0.3 is 0 Å². The molecule has 1 fully saturated rings. The lowest BCUT2D eigenvalue weighted by atomic mass is 9.98. The fourth-order valence-corrected chi connectivity index (χ4v) is 3.87. The average molecular weight is 298 g/mol. The highest BCUT2D eigenvalue weighted by atomic mass is 32.1. The Balaban J connectivity index is 1.60. The number of aryl methyl sites for hydroxylation is 1. The lowest BCUT2D eigenvalue weighted by molar-refractivity contribution is 0.494. The Morgan fingerprint density at radius 2 is 2.19 bits per heavy atom. The number of H-pyrrole nitrogens is 1. The molecule has 1 aromatic carbocycles. The van der Waals surface area contributed by atoms with E-state index in [0.29, 0.717) is 5.92 Å². The molecule has 1 atom stereocenters. The van der Waals surface area contributed by atoms with Crippen LogP contribution in [0.15, 0.2) is 29.6 Å². The van der Waals surface area contributed by atoms with E-state index in [1.165, 1.54) is 12.8 Å². The fraction of sp³-hybridized carbons (Fsp3) is 0.375. The molecule has 2 aromatic heterocycles. The van der Waals surface area contributed by atoms with Crippen LogP contribution in [-0.2, 0) is 0 Å². The van der Waals surface area contributed by atoms with Crippen LogP contribution >= 0.6 is 11.3 Å². The first-order chi connectivity index (χ1) is 10.3. The maximum absolute atomic E-state index is 4.77. The highest BCUT2D eigenvalue weighted by molar-refractivity contribution is 7.13. The largest absolute Gasteiger partial charge is 0.347 e. The molecule has 0 bridgehead atoms. The minimum Gasteiger partial charge on any atom is -0.347 e. The first kappa shape index (κ1) is 12.8. The molecule has 5 heteroatoms. The van der Waals surface area contributed by atoms with Crippen LogP contribution in [0.25, 0.3) is 11.0 Å². The number of thiazole rings is 1. The van der Waals surface area contributed by atoms with E-state index < -0.39 is 0 Å². The quantitative estimate of drug-likeness (QED) is 0.784. The maximum Gasteiger partial charge on any atom is 0.185 e. The lowest BCUT2D eigenvalue weighted by Crippen LogP contribution is -2.34. The third-order valence-corrected chi connectivity index (χ3v) is 5.11. The molecule has 4 rings (SSSR count). The topological polar surface area (TPSA) is 44.8 Å². The summed E-state index contributed by atoms with van der Waals surface area (Å²) in [7, 11) is 0. The van der Waals surface area contributed by atoms with Gasteiger partial charge in [-0.3, -0.25) is 0 Å². The van der Waals surface area contributed by atoms with Gasteiger partial charge in [0.2, 0.25) is 0 Å². The molecule has 0 radical (unpaired) electrons. The summed E-state index contributed by atoms with van der Waals surface area (Å²) in [6, 6.07) is 8.25. The van der Waals surface area contributed by atoms with E-state index in [1.54, 1.807) is 11.3 Å². The number of benzene rings is 1. The summed E-state index contributed by atoms with van der Waals surface area (Å²) < 4.78 is 0. The molecule has 3 heterocycles. The van der Waals surface area contributed by atoms with Crippen LogP contribution in [0, 0.1) is 6.92 Å². The molecular weight excluding hydrogens is 280 g/mol. The molecule has 1 N–H and O–H groups in total. The minimum absolute atomic E-state index is 0.468. The summed E-state index contributed by atoms with van der Waals surface area (Å²) in [5, 5.41) is 3.27. The molecule has 3 aromatic rings. The number of piperidine rings is 1. The number of imidazole rings is 1. The van der Waals surface area contributed by atoms with E-state index in [1.807, 2.05) is 6.07 Å². The number of hydrogen-bond donors (Lipinski definition) is 1. The third kappa shape index (κ3) is 2.42. The van der Waals surface area contributed by atoms with E-state index in [4.69, 9.17) is 4.98 Å². The van der Waals surface area contributed by atoms with Gasteiger partial charge in [0.1, 0.15) is 5.82 Å². The van der Waals surface area contributed by atoms with Gasteiger partial charge in [-0.05, 0) is 31.9 Å². The van der Waals surface area contributed by atoms with Crippen LogP contribution < -0.4 is 4.90 Å². The number of para-hydroxylation sites is 2. The number of fused-ring (bicyclic) bond motifs is 1. The van der Waals surface area contributed by atoms with Crippen molar-refractivity contribution in [2.45, 2.75) is 25.7 Å². The van der Waals surface area contributed by atoms with Gasteiger partial charge in [0.25, 0.3) is 0 Å². The summed E-state index contributed by atoms with van der Waals surface area (Å²) >= 11 is 1.74. The molecule has 0 spiro atoms. The molecule has 1 aliphatic heterocycles. The van der Waals surface area contributed by atoms with E-state index in [2.05, 4.69) is 45.4 Å². The van der Waals surface area contributed by atoms with Crippen LogP contribution in [0.2, 0.25) is 0 Å². The van der Waals surface area contributed by atoms with Gasteiger partial charge in [-0.25, -0.2) is 9.97 Å². The summed E-state index contributed by atoms with van der Waals surface area (Å²) in [5.41, 5.74) is 3.31. The van der Waals surface area contributed by atoms with Crippen molar-refractivity contribution in [3.8, 4) is 0 Å². The number of aromatic amines is 1. The second-order valence-electron chi connectivity index (χ2n) is 5.70. The van der Waals surface area contributed by atoms with Crippen molar-refractivity contribution in [1.29, 1.82) is 0 Å². The predicted molar refractivity (Wildman–Crippen MR) is 87.1 cm³/mol. The Morgan fingerprint density at radius 3 is 3.00 bits per heavy atom. The van der Waals surface area contributed by atoms with Crippen molar-refractivity contribution < 1.29 is 0 Å². The SMILES string of the molecule is Cc1csc(N2CCC[C@H](c3nc4ccccc4[nH]3)C2)n1. The molecule has 4 nitrogen and oxygen atoms in total. The van der Waals surface area contributed by atoms with Crippen molar-refractivity contribution in [2.24, 2.45) is 0 Å². The van der Waals surface area contributed by atoms with Gasteiger partial charge in [-0.2, -0.15) is 0 Å². The molecule has 0 aliphatic carbocycles. The van der Waals surface area contributed by atoms with Crippen LogP contribution in [-0.4, -0.2) is 28.0 Å². The minimum atomic E-state index is 0.468. The van der Waals surface area contributed by atoms with Crippen molar-refractivity contribution in [1.82, 2.24) is 15.0 Å². The summed E-state index contributed by atoms with van der Waals surface area (Å²) in [4.78, 5) is 15.3. The Kier molecular flexibility index (Phi) is 3.15. The van der Waals surface area contributed by atoms with Crippen LogP contribution in [0.3, 0.4) is 0 Å². The first-order valence-corrected chi connectivity index (χ1v) is 8.29. The lowest BCUT2D eigenvalue weighted by Gasteiger charge is -2.31. The highest BCUT2D eigenvalue weighted by Crippen LogP contribution is 2.31. The third-order valence-electron chi connectivity index (χ3n) is 4.09. The van der Waals surface area contributed by atoms with Gasteiger partial charge < -0.3 is 9.88 Å². The van der Waals surface area contributed by atoms with E-state index in [9.17, 15) is 0 Å². The molecule has 1 saturated heterocycles. The molecule has 21 heavy (non-hydrogen) atoms. The summed E-state index contributed by atoms with van der Waals surface area (Å²) in [5.74, 6) is 1.59. The van der Waals surface area contributed by atoms with Crippen LogP contribution in [0.1, 0.15) is 30.3 Å². The Labute approximate surface area is 127 Å². The fourth-order valence-electron chi connectivity index (χ4n) is 3.03. The molecule has 1 aliphatic rings. The van der Waals surface area contributed by atoms with Gasteiger partial charge in [0, 0.05) is 24.4 Å². The normalized spacial score (nSPS) is 19.3. The second-order valence-corrected chi connectivity index (χ2v) is 6.53. The Hall–Kier alpha value is -1.88. The number of nitrogens with zero attached hydrogens (tertiary/aromatic N) is 3. The number of rotatable bonds is 2. The highest BCUT2D eigenvalue weighted by Gasteiger charge is 2.25. The van der Waals surface area contributed by atoms with E-state index >= 15 is 0 Å². The number of hydrogen-bond acceptors (Lipinski definition) is 4. The zero-order chi connectivity index (χ0) is 14.2. The predicted octanol–water partition coefficient (Wildman–Crippen LogP) is 3.71. The van der Waals surface area contributed by atoms with Gasteiger partial charge in [0.05, 0.1) is 16.7 Å². The summed E-state index contributed by atoms with van der Waals surface area (Å²) in [6.07, 6.45) is 2.39. The molecule has 0 saturated carbocycles. The van der Waals surface area contributed by atoms with Crippen molar-refractivity contribution in [3.05, 3.63) is 41.2 Å². The Morgan fingerprint density at radius 1 is 1.29 bits per heavy atom. The standard InChI is InChI=1S/C16H18N4S/c1-11-10-21-16(17-11)20-8-4-5-12(9-20)15-18-13-6-2-3-7-14(13)19-15/h2-3,6-7,10,12H,4-5,8-9H2,1H3,(H,18,19)/t12-/m0/s1. The number of anilines is 1. The van der Waals surface area contributed by atoms with Crippen LogP contribution in [0.4, 0.5) is 5.13 Å². The molecule has 0 amide bonds. The molecule has 108 valence electrons. The van der Waals surface area contributed by atoms with Crippen molar-refractivity contribution in [3.63, 3.8) is 0 Å². The van der Waals surface area contributed by atoms with Gasteiger partial charge in [-0.15, -0.1) is 11.3 Å². The Bertz CT molecular complexity index is 727. The smallest absolute Gasteiger partial charge is 0.185 e. The molecule has 0 unspecified atom stereocenters. The number of nitrogens with one attached hydrogen (secondary N) is 1. The zero-order valence-corrected chi connectivity index (χ0v) is 12.9. The van der Waals surface area contributed by atoms with Gasteiger partial charge in [0.15, 0.2) is 5.13 Å². The summed E-state index contributed by atoms with van der Waals surface area (Å²) in [6.45, 7) is 4.16. The average Bonchev–Trinajstić information content (AvgIpc) is 3.13. The van der Waals surface area contributed by atoms with E-state index in [-0.39, 0.29) is 0 Å². The van der Waals surface area contributed by atoms with E-state index in [0.717, 1.165) is 40.8 Å². The zero-order valence-electron chi connectivity index (χ0n) is 12.0. The monoisotopic (exact) mass is 298 g/mol. The second kappa shape index (κ2) is 5.15. The van der Waals surface area contributed by atoms with Crippen molar-refractivity contribution in [2.75, 3.05) is 18.0 Å². The first-order valence-electron chi connectivity index (χ1n) is 7.41.